The summed E-state index contributed by atoms with van der Waals surface area (Å²) in [7, 11) is 0. The molecule has 84 valence electrons. The third-order valence-corrected chi connectivity index (χ3v) is 1.72. The van der Waals surface area contributed by atoms with Crippen LogP contribution in [-0.4, -0.2) is 40.9 Å². The van der Waals surface area contributed by atoms with Gasteiger partial charge in [-0.2, -0.15) is 0 Å². The summed E-state index contributed by atoms with van der Waals surface area (Å²) >= 11 is 0. The Labute approximate surface area is 84.7 Å². The fraction of sp³-hybridized carbons (Fsp3) is 1.00. The molecule has 0 saturated carbocycles. The van der Waals surface area contributed by atoms with Crippen molar-refractivity contribution in [2.45, 2.75) is 33.2 Å². The molecule has 0 aromatic carbocycles. The molecule has 0 heterocycles. The molecule has 0 aliphatic rings. The van der Waals surface area contributed by atoms with Crippen molar-refractivity contribution in [3.8, 4) is 0 Å². The van der Waals surface area contributed by atoms with Gasteiger partial charge in [-0.1, -0.05) is 20.8 Å². The van der Waals surface area contributed by atoms with E-state index in [0.29, 0.717) is 25.7 Å². The molecule has 0 fully saturated rings. The van der Waals surface area contributed by atoms with Crippen molar-refractivity contribution in [2.75, 3.05) is 19.6 Å². The lowest BCUT2D eigenvalue weighted by atomic mass is 10.4. The van der Waals surface area contributed by atoms with E-state index in [0.717, 1.165) is 6.42 Å². The molecule has 0 radical (unpaired) electrons. The van der Waals surface area contributed by atoms with E-state index in [9.17, 15) is 5.21 Å². The fourth-order valence-electron chi connectivity index (χ4n) is 1.08. The van der Waals surface area contributed by atoms with Crippen molar-refractivity contribution in [2.24, 2.45) is 5.28 Å². The molecule has 14 heavy (non-hydrogen) atoms. The second-order valence-electron chi connectivity index (χ2n) is 3.40. The molecule has 0 aromatic rings. The molecule has 0 rings (SSSR count). The van der Waals surface area contributed by atoms with Gasteiger partial charge in [0.25, 0.3) is 0 Å². The predicted octanol–water partition coefficient (Wildman–Crippen LogP) is 0.963. The Morgan fingerprint density at radius 3 is 2.57 bits per heavy atom. The van der Waals surface area contributed by atoms with Crippen molar-refractivity contribution in [1.29, 1.82) is 0 Å². The minimum Gasteiger partial charge on any atom is -0.569 e. The maximum atomic E-state index is 11.0. The van der Waals surface area contributed by atoms with Crippen LogP contribution in [0.25, 0.3) is 0 Å². The Morgan fingerprint density at radius 2 is 2.14 bits per heavy atom. The minimum absolute atomic E-state index is 0.228. The lowest BCUT2D eigenvalue weighted by Crippen LogP contribution is -2.38. The Hall–Kier alpha value is -1.04. The van der Waals surface area contributed by atoms with Crippen LogP contribution in [0.2, 0.25) is 0 Å². The second kappa shape index (κ2) is 7.37. The molecule has 0 amide bonds. The van der Waals surface area contributed by atoms with Crippen LogP contribution in [0.3, 0.4) is 0 Å². The van der Waals surface area contributed by atoms with E-state index in [-0.39, 0.29) is 4.97 Å². The zero-order chi connectivity index (χ0) is 11.0. The fourth-order valence-corrected chi connectivity index (χ4v) is 1.08. The normalized spacial score (nSPS) is 12.1. The van der Waals surface area contributed by atoms with E-state index in [2.05, 4.69) is 10.6 Å². The number of hydrazine groups is 1. The van der Waals surface area contributed by atoms with Crippen molar-refractivity contribution < 1.29 is 10.2 Å². The topological polar surface area (TPSA) is 73.9 Å². The second-order valence-corrected chi connectivity index (χ2v) is 3.40. The molecular formula is C8H20N4O2. The Bertz CT molecular complexity index is 173. The van der Waals surface area contributed by atoms with E-state index in [1.165, 1.54) is 5.01 Å². The Balaban J connectivity index is 3.85. The van der Waals surface area contributed by atoms with Crippen LogP contribution in [0.4, 0.5) is 0 Å². The van der Waals surface area contributed by atoms with Crippen molar-refractivity contribution in [3.63, 3.8) is 0 Å². The van der Waals surface area contributed by atoms with Crippen molar-refractivity contribution >= 4 is 0 Å². The van der Waals surface area contributed by atoms with Crippen LogP contribution in [0.15, 0.2) is 5.28 Å². The van der Waals surface area contributed by atoms with E-state index < -0.39 is 0 Å². The molecule has 2 N–H and O–H groups in total. The molecule has 0 aromatic heterocycles. The molecular weight excluding hydrogens is 184 g/mol. The van der Waals surface area contributed by atoms with E-state index >= 15 is 0 Å². The Kier molecular flexibility index (Phi) is 6.82. The summed E-state index contributed by atoms with van der Waals surface area (Å²) in [6.07, 6.45) is 0.843. The summed E-state index contributed by atoms with van der Waals surface area (Å²) in [4.78, 5) is 0.228. The molecule has 0 saturated heterocycles. The SMILES string of the molecule is CCCN(CCNC(C)C)/[N+]([O-])=N/O. The molecule has 6 nitrogen and oxygen atoms in total. The number of rotatable bonds is 7. The monoisotopic (exact) mass is 204 g/mol. The highest BCUT2D eigenvalue weighted by Gasteiger charge is 2.10. The van der Waals surface area contributed by atoms with Crippen LogP contribution in [0.1, 0.15) is 27.2 Å². The van der Waals surface area contributed by atoms with E-state index in [1.54, 1.807) is 0 Å². The van der Waals surface area contributed by atoms with Gasteiger partial charge < -0.3 is 15.7 Å². The van der Waals surface area contributed by atoms with Gasteiger partial charge in [0.2, 0.25) is 5.28 Å². The maximum Gasteiger partial charge on any atom is 0.230 e. The first kappa shape index (κ1) is 13.0. The lowest BCUT2D eigenvalue weighted by Gasteiger charge is -2.17. The summed E-state index contributed by atoms with van der Waals surface area (Å²) < 4.78 is 0. The van der Waals surface area contributed by atoms with Gasteiger partial charge in [-0.3, -0.25) is 0 Å². The van der Waals surface area contributed by atoms with E-state index in [1.807, 2.05) is 20.8 Å². The van der Waals surface area contributed by atoms with Gasteiger partial charge in [0, 0.05) is 12.6 Å². The van der Waals surface area contributed by atoms with Crippen LogP contribution in [0, 0.1) is 5.21 Å². The van der Waals surface area contributed by atoms with Gasteiger partial charge in [-0.25, -0.2) is 0 Å². The summed E-state index contributed by atoms with van der Waals surface area (Å²) in [6, 6.07) is 0.393. The molecule has 0 spiro atoms. The van der Waals surface area contributed by atoms with Gasteiger partial charge in [0.15, 0.2) is 0 Å². The molecule has 6 heteroatoms. The highest BCUT2D eigenvalue weighted by molar-refractivity contribution is 4.54. The first-order valence-corrected chi connectivity index (χ1v) is 4.92. The number of nitrogens with zero attached hydrogens (tertiary/aromatic N) is 3. The zero-order valence-corrected chi connectivity index (χ0v) is 9.10. The lowest BCUT2D eigenvalue weighted by molar-refractivity contribution is -0.709. The summed E-state index contributed by atoms with van der Waals surface area (Å²) in [5, 5.41) is 26.5. The minimum atomic E-state index is 0.228. The third-order valence-electron chi connectivity index (χ3n) is 1.72. The summed E-state index contributed by atoms with van der Waals surface area (Å²) in [5.41, 5.74) is 0. The zero-order valence-electron chi connectivity index (χ0n) is 9.10. The van der Waals surface area contributed by atoms with Gasteiger partial charge in [-0.05, 0) is 6.42 Å². The van der Waals surface area contributed by atoms with Crippen LogP contribution in [0.5, 0.6) is 0 Å². The highest BCUT2D eigenvalue weighted by atomic mass is 16.6. The average molecular weight is 204 g/mol. The largest absolute Gasteiger partial charge is 0.569 e. The standard InChI is InChI=1S/C8H20N4O2/c1-4-6-11(12(14)10-13)7-5-9-8(2)3/h8-9,13H,4-7H2,1-3H3/b12-10-. The van der Waals surface area contributed by atoms with Crippen molar-refractivity contribution in [1.82, 2.24) is 10.3 Å². The van der Waals surface area contributed by atoms with Crippen molar-refractivity contribution in [3.05, 3.63) is 5.21 Å². The molecule has 0 atom stereocenters. The quantitative estimate of drug-likeness (QED) is 0.368. The first-order chi connectivity index (χ1) is 6.61. The summed E-state index contributed by atoms with van der Waals surface area (Å²) in [5.74, 6) is 0. The smallest absolute Gasteiger partial charge is 0.230 e. The van der Waals surface area contributed by atoms with E-state index in [4.69, 9.17) is 5.21 Å². The molecule has 0 bridgehead atoms. The number of hydrogen-bond acceptors (Lipinski definition) is 3. The highest BCUT2D eigenvalue weighted by Crippen LogP contribution is 1.92. The molecule has 0 aliphatic heterocycles. The van der Waals surface area contributed by atoms with Gasteiger partial charge in [-0.15, -0.1) is 5.01 Å². The first-order valence-electron chi connectivity index (χ1n) is 4.92. The molecule has 0 unspecified atom stereocenters. The maximum absolute atomic E-state index is 11.0. The summed E-state index contributed by atoms with van der Waals surface area (Å²) in [6.45, 7) is 7.87. The van der Waals surface area contributed by atoms with Gasteiger partial charge >= 0.3 is 0 Å². The van der Waals surface area contributed by atoms with Crippen LogP contribution >= 0.6 is 0 Å². The van der Waals surface area contributed by atoms with Crippen LogP contribution < -0.4 is 5.32 Å². The van der Waals surface area contributed by atoms with Crippen LogP contribution in [-0.2, 0) is 0 Å². The van der Waals surface area contributed by atoms with Gasteiger partial charge in [0.05, 0.1) is 18.1 Å². The number of nitrogens with one attached hydrogen (secondary N) is 1. The average Bonchev–Trinajstić information content (AvgIpc) is 2.15. The molecule has 0 aliphatic carbocycles. The van der Waals surface area contributed by atoms with Gasteiger partial charge in [0.1, 0.15) is 0 Å². The Morgan fingerprint density at radius 1 is 1.50 bits per heavy atom. The number of hydrogen-bond donors (Lipinski definition) is 2. The third kappa shape index (κ3) is 5.58. The predicted molar refractivity (Wildman–Crippen MR) is 52.8 cm³/mol.